The molecule has 1 aliphatic heterocycles. The number of carbonyl (C=O) groups is 2. The number of methoxy groups -OCH3 is 1. The Morgan fingerprint density at radius 2 is 1.76 bits per heavy atom. The molecule has 3 rings (SSSR count). The largest absolute Gasteiger partial charge is 0.469 e. The zero-order valence-corrected chi connectivity index (χ0v) is 14.6. The normalized spacial score (nSPS) is 23.6. The number of carbonyl (C=O) groups excluding carboxylic acids is 2. The van der Waals surface area contributed by atoms with Gasteiger partial charge in [0, 0.05) is 13.1 Å². The Bertz CT molecular complexity index is 577. The van der Waals surface area contributed by atoms with E-state index in [0.717, 1.165) is 31.2 Å². The van der Waals surface area contributed by atoms with Gasteiger partial charge < -0.3 is 19.1 Å². The second kappa shape index (κ2) is 8.34. The van der Waals surface area contributed by atoms with Crippen LogP contribution in [0, 0.1) is 5.92 Å². The van der Waals surface area contributed by atoms with E-state index in [1.165, 1.54) is 7.11 Å². The fourth-order valence-corrected chi connectivity index (χ4v) is 3.29. The maximum absolute atomic E-state index is 12.1. The molecule has 2 fully saturated rings. The highest BCUT2D eigenvalue weighted by molar-refractivity contribution is 5.73. The maximum atomic E-state index is 12.1. The molecule has 1 aliphatic carbocycles. The van der Waals surface area contributed by atoms with Gasteiger partial charge in [-0.05, 0) is 31.2 Å². The number of hydrogen-bond acceptors (Lipinski definition) is 5. The molecule has 0 unspecified atom stereocenters. The number of benzene rings is 1. The van der Waals surface area contributed by atoms with E-state index < -0.39 is 0 Å². The molecule has 136 valence electrons. The van der Waals surface area contributed by atoms with Crippen molar-refractivity contribution >= 4 is 12.1 Å². The summed E-state index contributed by atoms with van der Waals surface area (Å²) >= 11 is 0. The molecule has 1 saturated carbocycles. The molecule has 1 amide bonds. The summed E-state index contributed by atoms with van der Waals surface area (Å²) in [6, 6.07) is 9.67. The second-order valence-electron chi connectivity index (χ2n) is 6.68. The van der Waals surface area contributed by atoms with Gasteiger partial charge in [-0.3, -0.25) is 4.79 Å². The van der Waals surface area contributed by atoms with E-state index in [4.69, 9.17) is 14.2 Å². The highest BCUT2D eigenvalue weighted by Gasteiger charge is 2.38. The number of likely N-dealkylation sites (tertiary alicyclic amines) is 1. The molecule has 1 heterocycles. The summed E-state index contributed by atoms with van der Waals surface area (Å²) in [6.07, 6.45) is 3.13. The van der Waals surface area contributed by atoms with Gasteiger partial charge in [0.2, 0.25) is 0 Å². The second-order valence-corrected chi connectivity index (χ2v) is 6.68. The van der Waals surface area contributed by atoms with Crippen LogP contribution in [0.3, 0.4) is 0 Å². The monoisotopic (exact) mass is 347 g/mol. The summed E-state index contributed by atoms with van der Waals surface area (Å²) in [7, 11) is 1.42. The number of ether oxygens (including phenoxy) is 3. The first-order valence-electron chi connectivity index (χ1n) is 8.84. The minimum atomic E-state index is -0.267. The van der Waals surface area contributed by atoms with Crippen molar-refractivity contribution in [3.8, 4) is 0 Å². The van der Waals surface area contributed by atoms with Crippen molar-refractivity contribution in [3.63, 3.8) is 0 Å². The molecule has 6 heteroatoms. The average molecular weight is 347 g/mol. The number of nitrogens with zero attached hydrogens (tertiary/aromatic N) is 1. The van der Waals surface area contributed by atoms with Gasteiger partial charge in [0.25, 0.3) is 0 Å². The molecule has 1 aromatic rings. The third-order valence-corrected chi connectivity index (χ3v) is 4.92. The van der Waals surface area contributed by atoms with Crippen molar-refractivity contribution < 1.29 is 23.8 Å². The highest BCUT2D eigenvalue weighted by Crippen LogP contribution is 2.33. The number of esters is 1. The Balaban J connectivity index is 1.33. The third kappa shape index (κ3) is 4.72. The minimum Gasteiger partial charge on any atom is -0.469 e. The molecule has 0 atom stereocenters. The lowest BCUT2D eigenvalue weighted by Crippen LogP contribution is -2.44. The summed E-state index contributed by atoms with van der Waals surface area (Å²) in [6.45, 7) is 1.59. The van der Waals surface area contributed by atoms with Crippen LogP contribution in [-0.2, 0) is 25.6 Å². The Kier molecular flexibility index (Phi) is 5.91. The molecular formula is C19H25NO5. The molecule has 6 nitrogen and oxygen atoms in total. The predicted octanol–water partition coefficient (Wildman–Crippen LogP) is 2.76. The van der Waals surface area contributed by atoms with E-state index in [0.29, 0.717) is 19.7 Å². The standard InChI is InChI=1S/C19H25NO5/c1-23-18(21)15-11-17(12-15)25-16-7-9-20(10-8-16)19(22)24-13-14-5-3-2-4-6-14/h2-6,15-17H,7-13H2,1H3. The lowest BCUT2D eigenvalue weighted by atomic mass is 9.82. The van der Waals surface area contributed by atoms with Crippen LogP contribution in [0.1, 0.15) is 31.2 Å². The molecule has 1 saturated heterocycles. The van der Waals surface area contributed by atoms with Gasteiger partial charge in [0.1, 0.15) is 6.61 Å². The summed E-state index contributed by atoms with van der Waals surface area (Å²) in [4.78, 5) is 25.2. The maximum Gasteiger partial charge on any atom is 0.410 e. The summed E-state index contributed by atoms with van der Waals surface area (Å²) in [5, 5.41) is 0. The molecule has 0 spiro atoms. The highest BCUT2D eigenvalue weighted by atomic mass is 16.6. The first kappa shape index (κ1) is 17.7. The lowest BCUT2D eigenvalue weighted by Gasteiger charge is -2.38. The van der Waals surface area contributed by atoms with Crippen LogP contribution in [0.25, 0.3) is 0 Å². The van der Waals surface area contributed by atoms with E-state index in [2.05, 4.69) is 0 Å². The topological polar surface area (TPSA) is 65.1 Å². The molecule has 25 heavy (non-hydrogen) atoms. The van der Waals surface area contributed by atoms with E-state index in [1.54, 1.807) is 4.90 Å². The van der Waals surface area contributed by atoms with Crippen LogP contribution in [0.5, 0.6) is 0 Å². The van der Waals surface area contributed by atoms with Gasteiger partial charge in [-0.2, -0.15) is 0 Å². The molecule has 1 aromatic carbocycles. The lowest BCUT2D eigenvalue weighted by molar-refractivity contribution is -0.159. The molecule has 0 aromatic heterocycles. The number of amides is 1. The van der Waals surface area contributed by atoms with Gasteiger partial charge in [-0.25, -0.2) is 4.79 Å². The van der Waals surface area contributed by atoms with E-state index >= 15 is 0 Å². The fraction of sp³-hybridized carbons (Fsp3) is 0.579. The summed E-state index contributed by atoms with van der Waals surface area (Å²) < 4.78 is 16.1. The summed E-state index contributed by atoms with van der Waals surface area (Å²) in [5.74, 6) is -0.154. The Labute approximate surface area is 148 Å². The molecular weight excluding hydrogens is 322 g/mol. The fourth-order valence-electron chi connectivity index (χ4n) is 3.29. The van der Waals surface area contributed by atoms with Crippen LogP contribution in [0.15, 0.2) is 30.3 Å². The number of hydrogen-bond donors (Lipinski definition) is 0. The Morgan fingerprint density at radius 3 is 2.40 bits per heavy atom. The SMILES string of the molecule is COC(=O)C1CC(OC2CCN(C(=O)OCc3ccccc3)CC2)C1. The zero-order valence-electron chi connectivity index (χ0n) is 14.6. The first-order valence-corrected chi connectivity index (χ1v) is 8.84. The molecule has 2 aliphatic rings. The molecule has 0 bridgehead atoms. The van der Waals surface area contributed by atoms with Crippen LogP contribution in [-0.4, -0.2) is 49.4 Å². The van der Waals surface area contributed by atoms with Gasteiger partial charge >= 0.3 is 12.1 Å². The van der Waals surface area contributed by atoms with Crippen molar-refractivity contribution in [2.45, 2.75) is 44.5 Å². The van der Waals surface area contributed by atoms with Crippen molar-refractivity contribution in [1.82, 2.24) is 4.90 Å². The third-order valence-electron chi connectivity index (χ3n) is 4.92. The Morgan fingerprint density at radius 1 is 1.08 bits per heavy atom. The van der Waals surface area contributed by atoms with Crippen molar-refractivity contribution in [1.29, 1.82) is 0 Å². The van der Waals surface area contributed by atoms with Crippen LogP contribution in [0.4, 0.5) is 4.79 Å². The minimum absolute atomic E-state index is 0.0111. The van der Waals surface area contributed by atoms with Gasteiger partial charge in [0.15, 0.2) is 0 Å². The smallest absolute Gasteiger partial charge is 0.410 e. The zero-order chi connectivity index (χ0) is 17.6. The summed E-state index contributed by atoms with van der Waals surface area (Å²) in [5.41, 5.74) is 0.985. The van der Waals surface area contributed by atoms with Crippen LogP contribution >= 0.6 is 0 Å². The van der Waals surface area contributed by atoms with E-state index in [1.807, 2.05) is 30.3 Å². The Hall–Kier alpha value is -2.08. The molecule has 0 N–H and O–H groups in total. The number of rotatable bonds is 5. The van der Waals surface area contributed by atoms with Crippen molar-refractivity contribution in [2.24, 2.45) is 5.92 Å². The van der Waals surface area contributed by atoms with Gasteiger partial charge in [-0.15, -0.1) is 0 Å². The van der Waals surface area contributed by atoms with Gasteiger partial charge in [-0.1, -0.05) is 30.3 Å². The quantitative estimate of drug-likeness (QED) is 0.766. The van der Waals surface area contributed by atoms with Crippen LogP contribution in [0.2, 0.25) is 0 Å². The van der Waals surface area contributed by atoms with Crippen molar-refractivity contribution in [2.75, 3.05) is 20.2 Å². The van der Waals surface area contributed by atoms with Crippen LogP contribution < -0.4 is 0 Å². The predicted molar refractivity (Wildman–Crippen MR) is 90.8 cm³/mol. The van der Waals surface area contributed by atoms with E-state index in [-0.39, 0.29) is 30.2 Å². The molecule has 0 radical (unpaired) electrons. The van der Waals surface area contributed by atoms with Gasteiger partial charge in [0.05, 0.1) is 25.2 Å². The van der Waals surface area contributed by atoms with Crippen molar-refractivity contribution in [3.05, 3.63) is 35.9 Å². The average Bonchev–Trinajstić information content (AvgIpc) is 2.63. The van der Waals surface area contributed by atoms with E-state index in [9.17, 15) is 9.59 Å². The first-order chi connectivity index (χ1) is 12.2. The number of piperidine rings is 1.